The molecule has 0 radical (unpaired) electrons. The Hall–Kier alpha value is -1.46. The fraction of sp³-hybridized carbons (Fsp3) is 0.538. The Morgan fingerprint density at radius 2 is 2.33 bits per heavy atom. The molecular formula is C13H17N3O2. The Labute approximate surface area is 105 Å². The lowest BCUT2D eigenvalue weighted by Crippen LogP contribution is -2.19. The fourth-order valence-electron chi connectivity index (χ4n) is 2.49. The highest BCUT2D eigenvalue weighted by Crippen LogP contribution is 2.27. The Balaban J connectivity index is 2.08. The number of aliphatic hydroxyl groups excluding tert-OH is 1. The van der Waals surface area contributed by atoms with Crippen LogP contribution in [-0.2, 0) is 11.3 Å². The summed E-state index contributed by atoms with van der Waals surface area (Å²) in [7, 11) is 0. The maximum atomic E-state index is 9.43. The second-order valence-electron chi connectivity index (χ2n) is 4.74. The second-order valence-corrected chi connectivity index (χ2v) is 4.74. The van der Waals surface area contributed by atoms with E-state index in [0.29, 0.717) is 0 Å². The number of benzene rings is 1. The van der Waals surface area contributed by atoms with E-state index in [1.165, 1.54) is 0 Å². The van der Waals surface area contributed by atoms with Crippen LogP contribution in [0.5, 0.6) is 0 Å². The van der Waals surface area contributed by atoms with Crippen molar-refractivity contribution in [3.05, 3.63) is 23.3 Å². The number of aryl methyl sites for hydroxylation is 1. The first-order valence-corrected chi connectivity index (χ1v) is 6.37. The number of ether oxygens (including phenoxy) is 1. The van der Waals surface area contributed by atoms with E-state index in [9.17, 15) is 5.11 Å². The van der Waals surface area contributed by atoms with Gasteiger partial charge in [-0.25, -0.2) is 4.68 Å². The van der Waals surface area contributed by atoms with Crippen LogP contribution < -0.4 is 0 Å². The van der Waals surface area contributed by atoms with Gasteiger partial charge in [0.25, 0.3) is 0 Å². The van der Waals surface area contributed by atoms with Gasteiger partial charge in [-0.1, -0.05) is 11.3 Å². The fourth-order valence-corrected chi connectivity index (χ4v) is 2.49. The number of aliphatic hydroxyl groups is 1. The van der Waals surface area contributed by atoms with Crippen LogP contribution in [0.2, 0.25) is 0 Å². The van der Waals surface area contributed by atoms with Crippen LogP contribution in [0.15, 0.2) is 12.1 Å². The van der Waals surface area contributed by atoms with Gasteiger partial charge in [-0.2, -0.15) is 0 Å². The molecule has 1 N–H and O–H groups in total. The maximum absolute atomic E-state index is 9.43. The highest BCUT2D eigenvalue weighted by Gasteiger charge is 2.20. The predicted octanol–water partition coefficient (Wildman–Crippen LogP) is 1.93. The van der Waals surface area contributed by atoms with Crippen LogP contribution in [0.4, 0.5) is 0 Å². The summed E-state index contributed by atoms with van der Waals surface area (Å²) in [5.41, 5.74) is 3.62. The van der Waals surface area contributed by atoms with Crippen molar-refractivity contribution in [1.29, 1.82) is 0 Å². The summed E-state index contributed by atoms with van der Waals surface area (Å²) in [5, 5.41) is 17.8. The van der Waals surface area contributed by atoms with E-state index in [4.69, 9.17) is 4.74 Å². The molecule has 1 atom stereocenters. The van der Waals surface area contributed by atoms with E-state index in [1.807, 2.05) is 23.7 Å². The van der Waals surface area contributed by atoms with Crippen molar-refractivity contribution >= 4 is 11.0 Å². The van der Waals surface area contributed by atoms with Gasteiger partial charge in [0, 0.05) is 12.2 Å². The molecule has 0 amide bonds. The number of rotatable bonds is 2. The zero-order chi connectivity index (χ0) is 12.5. The van der Waals surface area contributed by atoms with E-state index in [1.54, 1.807) is 0 Å². The summed E-state index contributed by atoms with van der Waals surface area (Å²) in [6.45, 7) is 2.75. The van der Waals surface area contributed by atoms with Gasteiger partial charge in [0.2, 0.25) is 0 Å². The molecule has 96 valence electrons. The molecule has 1 aliphatic rings. The molecule has 1 saturated heterocycles. The molecule has 0 saturated carbocycles. The largest absolute Gasteiger partial charge is 0.392 e. The Kier molecular flexibility index (Phi) is 3.01. The van der Waals surface area contributed by atoms with Crippen LogP contribution in [0.1, 0.15) is 36.6 Å². The van der Waals surface area contributed by atoms with Crippen LogP contribution in [0.3, 0.4) is 0 Å². The van der Waals surface area contributed by atoms with Crippen molar-refractivity contribution in [2.24, 2.45) is 0 Å². The van der Waals surface area contributed by atoms with E-state index >= 15 is 0 Å². The first kappa shape index (κ1) is 11.6. The minimum absolute atomic E-state index is 0.00656. The van der Waals surface area contributed by atoms with Gasteiger partial charge in [-0.15, -0.1) is 5.10 Å². The third-order valence-electron chi connectivity index (χ3n) is 3.57. The average molecular weight is 247 g/mol. The maximum Gasteiger partial charge on any atom is 0.152 e. The van der Waals surface area contributed by atoms with Crippen molar-refractivity contribution in [2.75, 3.05) is 6.61 Å². The normalized spacial score (nSPS) is 20.4. The van der Waals surface area contributed by atoms with Crippen LogP contribution in [-0.4, -0.2) is 26.7 Å². The zero-order valence-electron chi connectivity index (χ0n) is 10.5. The van der Waals surface area contributed by atoms with Gasteiger partial charge in [-0.3, -0.25) is 0 Å². The van der Waals surface area contributed by atoms with E-state index in [0.717, 1.165) is 48.0 Å². The number of hydrogen-bond donors (Lipinski definition) is 1. The molecule has 1 aromatic carbocycles. The Morgan fingerprint density at radius 1 is 1.44 bits per heavy atom. The monoisotopic (exact) mass is 247 g/mol. The lowest BCUT2D eigenvalue weighted by Gasteiger charge is -2.22. The molecular weight excluding hydrogens is 230 g/mol. The topological polar surface area (TPSA) is 60.2 Å². The second kappa shape index (κ2) is 4.66. The van der Waals surface area contributed by atoms with Gasteiger partial charge >= 0.3 is 0 Å². The highest BCUT2D eigenvalue weighted by atomic mass is 16.5. The van der Waals surface area contributed by atoms with E-state index in [2.05, 4.69) is 10.3 Å². The van der Waals surface area contributed by atoms with Crippen LogP contribution in [0.25, 0.3) is 11.0 Å². The Morgan fingerprint density at radius 3 is 3.06 bits per heavy atom. The molecule has 2 heterocycles. The molecule has 2 aromatic rings. The van der Waals surface area contributed by atoms with Crippen molar-refractivity contribution in [3.63, 3.8) is 0 Å². The minimum Gasteiger partial charge on any atom is -0.392 e. The average Bonchev–Trinajstić information content (AvgIpc) is 2.83. The standard InChI is InChI=1S/C13H17N3O2/c1-9-5-6-11-13(10(9)8-17)14-15-16(11)12-4-2-3-7-18-12/h5-6,12,17H,2-4,7-8H2,1H3. The molecule has 1 aromatic heterocycles. The number of aromatic nitrogens is 3. The zero-order valence-corrected chi connectivity index (χ0v) is 10.5. The molecule has 1 aliphatic heterocycles. The van der Waals surface area contributed by atoms with E-state index in [-0.39, 0.29) is 12.8 Å². The van der Waals surface area contributed by atoms with Crippen molar-refractivity contribution in [2.45, 2.75) is 39.0 Å². The smallest absolute Gasteiger partial charge is 0.152 e. The summed E-state index contributed by atoms with van der Waals surface area (Å²) in [6.07, 6.45) is 3.23. The quantitative estimate of drug-likeness (QED) is 0.881. The van der Waals surface area contributed by atoms with Crippen molar-refractivity contribution < 1.29 is 9.84 Å². The molecule has 0 spiro atoms. The molecule has 5 heteroatoms. The molecule has 0 aliphatic carbocycles. The summed E-state index contributed by atoms with van der Waals surface area (Å²) < 4.78 is 7.57. The third kappa shape index (κ3) is 1.79. The lowest BCUT2D eigenvalue weighted by atomic mass is 10.1. The molecule has 1 unspecified atom stereocenters. The molecule has 1 fully saturated rings. The van der Waals surface area contributed by atoms with Gasteiger partial charge < -0.3 is 9.84 Å². The summed E-state index contributed by atoms with van der Waals surface area (Å²) >= 11 is 0. The minimum atomic E-state index is -0.0157. The van der Waals surface area contributed by atoms with Gasteiger partial charge in [0.1, 0.15) is 5.52 Å². The molecule has 18 heavy (non-hydrogen) atoms. The first-order valence-electron chi connectivity index (χ1n) is 6.37. The Bertz CT molecular complexity index is 559. The number of fused-ring (bicyclic) bond motifs is 1. The van der Waals surface area contributed by atoms with Gasteiger partial charge in [0.05, 0.1) is 12.1 Å². The SMILES string of the molecule is Cc1ccc2c(nnn2C2CCCCO2)c1CO. The summed E-state index contributed by atoms with van der Waals surface area (Å²) in [4.78, 5) is 0. The summed E-state index contributed by atoms with van der Waals surface area (Å²) in [5.74, 6) is 0. The molecule has 5 nitrogen and oxygen atoms in total. The van der Waals surface area contributed by atoms with Crippen molar-refractivity contribution in [1.82, 2.24) is 15.0 Å². The first-order chi connectivity index (χ1) is 8.81. The highest BCUT2D eigenvalue weighted by molar-refractivity contribution is 5.79. The summed E-state index contributed by atoms with van der Waals surface area (Å²) in [6, 6.07) is 4.00. The molecule has 0 bridgehead atoms. The van der Waals surface area contributed by atoms with Gasteiger partial charge in [0.15, 0.2) is 6.23 Å². The number of nitrogens with zero attached hydrogens (tertiary/aromatic N) is 3. The predicted molar refractivity (Wildman–Crippen MR) is 67.0 cm³/mol. The van der Waals surface area contributed by atoms with Crippen molar-refractivity contribution in [3.8, 4) is 0 Å². The van der Waals surface area contributed by atoms with Crippen LogP contribution in [0, 0.1) is 6.92 Å². The van der Waals surface area contributed by atoms with E-state index < -0.39 is 0 Å². The number of hydrogen-bond acceptors (Lipinski definition) is 4. The van der Waals surface area contributed by atoms with Crippen LogP contribution >= 0.6 is 0 Å². The molecule has 3 rings (SSSR count). The third-order valence-corrected chi connectivity index (χ3v) is 3.57. The van der Waals surface area contributed by atoms with Gasteiger partial charge in [-0.05, 0) is 37.8 Å². The lowest BCUT2D eigenvalue weighted by molar-refractivity contribution is -0.0377.